The number of hydrogen-bond donors (Lipinski definition) is 1. The first kappa shape index (κ1) is 16.2. The van der Waals surface area contributed by atoms with Gasteiger partial charge in [0.2, 0.25) is 0 Å². The predicted molar refractivity (Wildman–Crippen MR) is 83.5 cm³/mol. The van der Waals surface area contributed by atoms with Gasteiger partial charge in [-0.1, -0.05) is 0 Å². The molecular weight excluding hydrogens is 302 g/mol. The second kappa shape index (κ2) is 6.74. The van der Waals surface area contributed by atoms with Gasteiger partial charge >= 0.3 is 5.97 Å². The van der Waals surface area contributed by atoms with Crippen molar-refractivity contribution in [3.8, 4) is 0 Å². The van der Waals surface area contributed by atoms with Gasteiger partial charge in [-0.3, -0.25) is 14.3 Å². The highest BCUT2D eigenvalue weighted by molar-refractivity contribution is 7.07. The second-order valence-corrected chi connectivity index (χ2v) is 6.15. The van der Waals surface area contributed by atoms with E-state index in [1.54, 1.807) is 36.1 Å². The minimum absolute atomic E-state index is 0.0988. The Hall–Kier alpha value is -2.15. The molecule has 0 bridgehead atoms. The smallest absolute Gasteiger partial charge is 0.303 e. The standard InChI is InChI=1S/C15H19N3O3S/c1-11(19)21-15(2,3)14(20)16-9-13(12-5-8-22-10-12)18-7-4-6-17-18/h4-8,10,13H,9H2,1-3H3,(H,16,20)/t13-/m1/s1. The van der Waals surface area contributed by atoms with Crippen LogP contribution in [0.2, 0.25) is 0 Å². The molecule has 0 saturated heterocycles. The summed E-state index contributed by atoms with van der Waals surface area (Å²) in [6.45, 7) is 4.78. The van der Waals surface area contributed by atoms with Gasteiger partial charge in [-0.2, -0.15) is 16.4 Å². The van der Waals surface area contributed by atoms with Crippen LogP contribution in [0.3, 0.4) is 0 Å². The molecule has 1 amide bonds. The highest BCUT2D eigenvalue weighted by Gasteiger charge is 2.31. The van der Waals surface area contributed by atoms with Crippen LogP contribution in [-0.4, -0.2) is 33.8 Å². The van der Waals surface area contributed by atoms with Crippen molar-refractivity contribution in [3.05, 3.63) is 40.8 Å². The predicted octanol–water partition coefficient (Wildman–Crippen LogP) is 1.99. The molecule has 7 heteroatoms. The van der Waals surface area contributed by atoms with Crippen molar-refractivity contribution in [1.82, 2.24) is 15.1 Å². The Bertz CT molecular complexity index is 586. The minimum atomic E-state index is -1.20. The molecular formula is C15H19N3O3S. The minimum Gasteiger partial charge on any atom is -0.450 e. The zero-order chi connectivity index (χ0) is 16.2. The molecule has 0 aliphatic carbocycles. The van der Waals surface area contributed by atoms with E-state index in [0.29, 0.717) is 6.54 Å². The number of nitrogens with zero attached hydrogens (tertiary/aromatic N) is 2. The molecule has 2 aromatic rings. The molecule has 0 saturated carbocycles. The Kier molecular flexibility index (Phi) is 4.97. The van der Waals surface area contributed by atoms with Crippen LogP contribution in [0, 0.1) is 0 Å². The fraction of sp³-hybridized carbons (Fsp3) is 0.400. The highest BCUT2D eigenvalue weighted by Crippen LogP contribution is 2.20. The third-order valence-electron chi connectivity index (χ3n) is 3.17. The maximum atomic E-state index is 12.2. The number of carbonyl (C=O) groups is 2. The SMILES string of the molecule is CC(=O)OC(C)(C)C(=O)NC[C@H](c1ccsc1)n1cccn1. The van der Waals surface area contributed by atoms with Gasteiger partial charge in [-0.25, -0.2) is 0 Å². The number of carbonyl (C=O) groups excluding carboxylic acids is 2. The molecule has 22 heavy (non-hydrogen) atoms. The summed E-state index contributed by atoms with van der Waals surface area (Å²) in [4.78, 5) is 23.3. The maximum absolute atomic E-state index is 12.2. The van der Waals surface area contributed by atoms with Gasteiger partial charge in [-0.15, -0.1) is 0 Å². The first-order chi connectivity index (χ1) is 10.4. The lowest BCUT2D eigenvalue weighted by molar-refractivity contribution is -0.162. The highest BCUT2D eigenvalue weighted by atomic mass is 32.1. The number of hydrogen-bond acceptors (Lipinski definition) is 5. The van der Waals surface area contributed by atoms with Crippen molar-refractivity contribution in [2.75, 3.05) is 6.54 Å². The summed E-state index contributed by atoms with van der Waals surface area (Å²) in [6, 6.07) is 3.74. The monoisotopic (exact) mass is 321 g/mol. The van der Waals surface area contributed by atoms with E-state index in [4.69, 9.17) is 4.74 Å². The van der Waals surface area contributed by atoms with Crippen molar-refractivity contribution < 1.29 is 14.3 Å². The van der Waals surface area contributed by atoms with E-state index in [-0.39, 0.29) is 11.9 Å². The van der Waals surface area contributed by atoms with Crippen molar-refractivity contribution in [2.24, 2.45) is 0 Å². The van der Waals surface area contributed by atoms with Crippen LogP contribution in [0.5, 0.6) is 0 Å². The van der Waals surface area contributed by atoms with Gasteiger partial charge in [0, 0.05) is 25.9 Å². The van der Waals surface area contributed by atoms with Gasteiger partial charge in [-0.05, 0) is 42.3 Å². The van der Waals surface area contributed by atoms with Crippen molar-refractivity contribution in [3.63, 3.8) is 0 Å². The summed E-state index contributed by atoms with van der Waals surface area (Å²) >= 11 is 1.59. The van der Waals surface area contributed by atoms with Gasteiger partial charge in [0.05, 0.1) is 6.04 Å². The summed E-state index contributed by atoms with van der Waals surface area (Å²) in [5.41, 5.74) is -0.130. The second-order valence-electron chi connectivity index (χ2n) is 5.37. The summed E-state index contributed by atoms with van der Waals surface area (Å²) in [6.07, 6.45) is 3.55. The van der Waals surface area contributed by atoms with Crippen LogP contribution in [0.1, 0.15) is 32.4 Å². The number of thiophene rings is 1. The van der Waals surface area contributed by atoms with E-state index in [2.05, 4.69) is 10.4 Å². The average molecular weight is 321 g/mol. The third-order valence-corrected chi connectivity index (χ3v) is 3.88. The zero-order valence-electron chi connectivity index (χ0n) is 12.8. The van der Waals surface area contributed by atoms with Crippen LogP contribution in [0.15, 0.2) is 35.3 Å². The quantitative estimate of drug-likeness (QED) is 0.826. The molecule has 1 atom stereocenters. The number of amides is 1. The fourth-order valence-electron chi connectivity index (χ4n) is 2.10. The Morgan fingerprint density at radius 2 is 2.27 bits per heavy atom. The number of aromatic nitrogens is 2. The van der Waals surface area contributed by atoms with E-state index in [1.807, 2.05) is 29.1 Å². The van der Waals surface area contributed by atoms with Gasteiger partial charge < -0.3 is 10.1 Å². The average Bonchev–Trinajstić information content (AvgIpc) is 3.10. The molecule has 0 aliphatic heterocycles. The molecule has 0 aliphatic rings. The number of nitrogens with one attached hydrogen (secondary N) is 1. The Morgan fingerprint density at radius 1 is 1.50 bits per heavy atom. The largest absolute Gasteiger partial charge is 0.450 e. The molecule has 1 N–H and O–H groups in total. The third kappa shape index (κ3) is 3.94. The van der Waals surface area contributed by atoms with Gasteiger partial charge in [0.1, 0.15) is 0 Å². The molecule has 0 aromatic carbocycles. The molecule has 0 spiro atoms. The van der Waals surface area contributed by atoms with E-state index in [9.17, 15) is 9.59 Å². The summed E-state index contributed by atoms with van der Waals surface area (Å²) in [5.74, 6) is -0.823. The molecule has 0 fully saturated rings. The molecule has 0 radical (unpaired) electrons. The molecule has 2 aromatic heterocycles. The summed E-state index contributed by atoms with van der Waals surface area (Å²) < 4.78 is 6.83. The summed E-state index contributed by atoms with van der Waals surface area (Å²) in [5, 5.41) is 11.1. The molecule has 6 nitrogen and oxygen atoms in total. The van der Waals surface area contributed by atoms with Crippen molar-refractivity contribution >= 4 is 23.2 Å². The molecule has 118 valence electrons. The van der Waals surface area contributed by atoms with E-state index in [1.165, 1.54) is 6.92 Å². The van der Waals surface area contributed by atoms with E-state index in [0.717, 1.165) is 5.56 Å². The molecule has 2 rings (SSSR count). The lowest BCUT2D eigenvalue weighted by Crippen LogP contribution is -2.46. The van der Waals surface area contributed by atoms with Crippen LogP contribution in [-0.2, 0) is 14.3 Å². The van der Waals surface area contributed by atoms with Crippen LogP contribution < -0.4 is 5.32 Å². The summed E-state index contributed by atoms with van der Waals surface area (Å²) in [7, 11) is 0. The maximum Gasteiger partial charge on any atom is 0.303 e. The van der Waals surface area contributed by atoms with Crippen molar-refractivity contribution in [2.45, 2.75) is 32.4 Å². The first-order valence-corrected chi connectivity index (χ1v) is 7.83. The van der Waals surface area contributed by atoms with Gasteiger partial charge in [0.15, 0.2) is 5.60 Å². The van der Waals surface area contributed by atoms with Crippen LogP contribution in [0.25, 0.3) is 0 Å². The number of ether oxygens (including phenoxy) is 1. The number of esters is 1. The van der Waals surface area contributed by atoms with Crippen LogP contribution in [0.4, 0.5) is 0 Å². The normalized spacial score (nSPS) is 12.7. The Labute approximate surface area is 133 Å². The van der Waals surface area contributed by atoms with Crippen LogP contribution >= 0.6 is 11.3 Å². The lowest BCUT2D eigenvalue weighted by atomic mass is 10.1. The van der Waals surface area contributed by atoms with Crippen molar-refractivity contribution in [1.29, 1.82) is 0 Å². The zero-order valence-corrected chi connectivity index (χ0v) is 13.6. The first-order valence-electron chi connectivity index (χ1n) is 6.89. The molecule has 2 heterocycles. The molecule has 0 unspecified atom stereocenters. The topological polar surface area (TPSA) is 73.2 Å². The Balaban J connectivity index is 2.06. The van der Waals surface area contributed by atoms with E-state index < -0.39 is 11.6 Å². The van der Waals surface area contributed by atoms with E-state index >= 15 is 0 Å². The lowest BCUT2D eigenvalue weighted by Gasteiger charge is -2.25. The number of rotatable bonds is 6. The Morgan fingerprint density at radius 3 is 2.82 bits per heavy atom. The van der Waals surface area contributed by atoms with Gasteiger partial charge in [0.25, 0.3) is 5.91 Å². The fourth-order valence-corrected chi connectivity index (χ4v) is 2.81.